The highest BCUT2D eigenvalue weighted by molar-refractivity contribution is 6.32. The number of hydrogen-bond donors (Lipinski definition) is 1. The standard InChI is InChI=1S/C19H20ClNO5/c1-4-9-26-17-15(20)10-13(11-16(17)24-2)18(22)21-14-7-5-12(6-8-14)19(23)25-3/h5-8,10-11H,4,9H2,1-3H3,(H,21,22). The Bertz CT molecular complexity index is 789. The molecule has 7 heteroatoms. The molecule has 0 saturated carbocycles. The van der Waals surface area contributed by atoms with Gasteiger partial charge in [-0.15, -0.1) is 0 Å². The van der Waals surface area contributed by atoms with E-state index in [0.29, 0.717) is 39.9 Å². The highest BCUT2D eigenvalue weighted by atomic mass is 35.5. The van der Waals surface area contributed by atoms with Crippen molar-refractivity contribution in [1.29, 1.82) is 0 Å². The van der Waals surface area contributed by atoms with Crippen LogP contribution in [0.1, 0.15) is 34.1 Å². The van der Waals surface area contributed by atoms with E-state index in [1.54, 1.807) is 30.3 Å². The average molecular weight is 378 g/mol. The Morgan fingerprint density at radius 1 is 1.08 bits per heavy atom. The van der Waals surface area contributed by atoms with Crippen LogP contribution < -0.4 is 14.8 Å². The number of amides is 1. The van der Waals surface area contributed by atoms with Crippen LogP contribution in [0, 0.1) is 0 Å². The van der Waals surface area contributed by atoms with Gasteiger partial charge in [-0.2, -0.15) is 0 Å². The second kappa shape index (κ2) is 9.10. The number of methoxy groups -OCH3 is 2. The van der Waals surface area contributed by atoms with Gasteiger partial charge < -0.3 is 19.5 Å². The van der Waals surface area contributed by atoms with Crippen LogP contribution >= 0.6 is 11.6 Å². The van der Waals surface area contributed by atoms with Crippen LogP contribution in [-0.2, 0) is 4.74 Å². The molecule has 0 aliphatic heterocycles. The van der Waals surface area contributed by atoms with Crippen LogP contribution in [0.15, 0.2) is 36.4 Å². The first-order valence-corrected chi connectivity index (χ1v) is 8.38. The number of nitrogens with one attached hydrogen (secondary N) is 1. The van der Waals surface area contributed by atoms with E-state index in [1.807, 2.05) is 6.92 Å². The predicted octanol–water partition coefficient (Wildman–Crippen LogP) is 4.18. The lowest BCUT2D eigenvalue weighted by Gasteiger charge is -2.14. The van der Waals surface area contributed by atoms with E-state index in [0.717, 1.165) is 6.42 Å². The lowest BCUT2D eigenvalue weighted by molar-refractivity contribution is 0.0600. The molecule has 0 spiro atoms. The quantitative estimate of drug-likeness (QED) is 0.733. The second-order valence-electron chi connectivity index (χ2n) is 5.36. The van der Waals surface area contributed by atoms with Gasteiger partial charge in [-0.3, -0.25) is 4.79 Å². The molecule has 1 amide bonds. The molecule has 2 aromatic rings. The van der Waals surface area contributed by atoms with Gasteiger partial charge in [0.2, 0.25) is 0 Å². The van der Waals surface area contributed by atoms with Crippen molar-refractivity contribution >= 4 is 29.2 Å². The first-order chi connectivity index (χ1) is 12.5. The fourth-order valence-corrected chi connectivity index (χ4v) is 2.47. The van der Waals surface area contributed by atoms with Gasteiger partial charge in [-0.1, -0.05) is 18.5 Å². The fourth-order valence-electron chi connectivity index (χ4n) is 2.21. The van der Waals surface area contributed by atoms with Crippen molar-refractivity contribution in [3.63, 3.8) is 0 Å². The number of carbonyl (C=O) groups excluding carboxylic acids is 2. The number of ether oxygens (including phenoxy) is 3. The number of rotatable bonds is 7. The molecule has 0 aliphatic carbocycles. The summed E-state index contributed by atoms with van der Waals surface area (Å²) in [5, 5.41) is 3.03. The van der Waals surface area contributed by atoms with Gasteiger partial charge in [0.05, 0.1) is 31.4 Å². The highest BCUT2D eigenvalue weighted by Crippen LogP contribution is 2.36. The minimum atomic E-state index is -0.443. The third-order valence-electron chi connectivity index (χ3n) is 3.51. The average Bonchev–Trinajstić information content (AvgIpc) is 2.66. The molecule has 0 aliphatic rings. The lowest BCUT2D eigenvalue weighted by Crippen LogP contribution is -2.13. The largest absolute Gasteiger partial charge is 0.493 e. The topological polar surface area (TPSA) is 73.9 Å². The van der Waals surface area contributed by atoms with Crippen LogP contribution in [0.3, 0.4) is 0 Å². The van der Waals surface area contributed by atoms with Crippen molar-refractivity contribution in [3.05, 3.63) is 52.5 Å². The summed E-state index contributed by atoms with van der Waals surface area (Å²) in [4.78, 5) is 23.9. The Morgan fingerprint density at radius 3 is 2.35 bits per heavy atom. The first kappa shape index (κ1) is 19.6. The molecule has 0 aromatic heterocycles. The van der Waals surface area contributed by atoms with E-state index in [4.69, 9.17) is 21.1 Å². The van der Waals surface area contributed by atoms with Gasteiger partial charge >= 0.3 is 5.97 Å². The molecule has 138 valence electrons. The molecule has 0 radical (unpaired) electrons. The maximum atomic E-state index is 12.5. The van der Waals surface area contributed by atoms with Crippen molar-refractivity contribution in [2.45, 2.75) is 13.3 Å². The SMILES string of the molecule is CCCOc1c(Cl)cc(C(=O)Nc2ccc(C(=O)OC)cc2)cc1OC. The van der Waals surface area contributed by atoms with Gasteiger partial charge in [0.25, 0.3) is 5.91 Å². The molecule has 0 unspecified atom stereocenters. The molecule has 6 nitrogen and oxygen atoms in total. The molecule has 26 heavy (non-hydrogen) atoms. The Labute approximate surface area is 157 Å². The summed E-state index contributed by atoms with van der Waals surface area (Å²) in [6.07, 6.45) is 0.823. The third-order valence-corrected chi connectivity index (χ3v) is 3.79. The van der Waals surface area contributed by atoms with Crippen molar-refractivity contribution in [2.24, 2.45) is 0 Å². The number of esters is 1. The maximum absolute atomic E-state index is 12.5. The minimum absolute atomic E-state index is 0.295. The first-order valence-electron chi connectivity index (χ1n) is 8.00. The predicted molar refractivity (Wildman–Crippen MR) is 99.5 cm³/mol. The molecule has 0 atom stereocenters. The van der Waals surface area contributed by atoms with Gasteiger partial charge in [0.1, 0.15) is 0 Å². The molecular formula is C19H20ClNO5. The van der Waals surface area contributed by atoms with Crippen molar-refractivity contribution in [2.75, 3.05) is 26.1 Å². The van der Waals surface area contributed by atoms with E-state index in [1.165, 1.54) is 20.3 Å². The normalized spacial score (nSPS) is 10.2. The van der Waals surface area contributed by atoms with Crippen molar-refractivity contribution in [3.8, 4) is 11.5 Å². The van der Waals surface area contributed by atoms with E-state index in [-0.39, 0.29) is 5.91 Å². The molecule has 0 fully saturated rings. The molecule has 0 saturated heterocycles. The lowest BCUT2D eigenvalue weighted by atomic mass is 10.1. The molecule has 2 aromatic carbocycles. The van der Waals surface area contributed by atoms with Gasteiger partial charge in [0, 0.05) is 11.3 Å². The van der Waals surface area contributed by atoms with E-state index >= 15 is 0 Å². The van der Waals surface area contributed by atoms with Crippen molar-refractivity contribution < 1.29 is 23.8 Å². The summed E-state index contributed by atoms with van der Waals surface area (Å²) in [6.45, 7) is 2.47. The monoisotopic (exact) mass is 377 g/mol. The molecular weight excluding hydrogens is 358 g/mol. The molecule has 0 bridgehead atoms. The van der Waals surface area contributed by atoms with Crippen LogP contribution in [0.4, 0.5) is 5.69 Å². The molecule has 2 rings (SSSR count). The summed E-state index contributed by atoms with van der Waals surface area (Å²) >= 11 is 6.23. The smallest absolute Gasteiger partial charge is 0.337 e. The van der Waals surface area contributed by atoms with Crippen molar-refractivity contribution in [1.82, 2.24) is 0 Å². The Morgan fingerprint density at radius 2 is 1.77 bits per heavy atom. The zero-order chi connectivity index (χ0) is 19.1. The zero-order valence-corrected chi connectivity index (χ0v) is 15.6. The van der Waals surface area contributed by atoms with E-state index in [9.17, 15) is 9.59 Å². The number of benzene rings is 2. The Hall–Kier alpha value is -2.73. The number of halogens is 1. The summed E-state index contributed by atoms with van der Waals surface area (Å²) in [7, 11) is 2.79. The second-order valence-corrected chi connectivity index (χ2v) is 5.77. The van der Waals surface area contributed by atoms with E-state index < -0.39 is 5.97 Å². The van der Waals surface area contributed by atoms with E-state index in [2.05, 4.69) is 10.1 Å². The number of anilines is 1. The van der Waals surface area contributed by atoms with Gasteiger partial charge in [0.15, 0.2) is 11.5 Å². The summed E-state index contributed by atoms with van der Waals surface area (Å²) in [5.41, 5.74) is 1.25. The van der Waals surface area contributed by atoms with Crippen LogP contribution in [0.2, 0.25) is 5.02 Å². The Balaban J connectivity index is 2.18. The fraction of sp³-hybridized carbons (Fsp3) is 0.263. The minimum Gasteiger partial charge on any atom is -0.493 e. The Kier molecular flexibility index (Phi) is 6.86. The van der Waals surface area contributed by atoms with Gasteiger partial charge in [-0.25, -0.2) is 4.79 Å². The number of hydrogen-bond acceptors (Lipinski definition) is 5. The highest BCUT2D eigenvalue weighted by Gasteiger charge is 2.16. The van der Waals surface area contributed by atoms with Gasteiger partial charge in [-0.05, 0) is 42.8 Å². The summed E-state index contributed by atoms with van der Waals surface area (Å²) < 4.78 is 15.5. The maximum Gasteiger partial charge on any atom is 0.337 e. The van der Waals surface area contributed by atoms with Crippen LogP contribution in [0.5, 0.6) is 11.5 Å². The summed E-state index contributed by atoms with van der Waals surface area (Å²) in [5.74, 6) is -0.00717. The number of carbonyl (C=O) groups is 2. The molecule has 1 N–H and O–H groups in total. The van der Waals surface area contributed by atoms with Crippen LogP contribution in [-0.4, -0.2) is 32.7 Å². The molecule has 0 heterocycles. The zero-order valence-electron chi connectivity index (χ0n) is 14.8. The third kappa shape index (κ3) is 4.67. The van der Waals surface area contributed by atoms with Crippen LogP contribution in [0.25, 0.3) is 0 Å². The summed E-state index contributed by atoms with van der Waals surface area (Å²) in [6, 6.07) is 9.44.